The molecule has 1 aromatic rings. The fraction of sp³-hybridized carbons (Fsp3) is 0.667. The van der Waals surface area contributed by atoms with Crippen molar-refractivity contribution < 1.29 is 4.79 Å². The quantitative estimate of drug-likeness (QED) is 0.243. The second-order valence-electron chi connectivity index (χ2n) is 7.47. The molecule has 1 amide bonds. The average Bonchev–Trinajstić information content (AvgIpc) is 2.70. The zero-order valence-corrected chi connectivity index (χ0v) is 17.4. The standard InChI is InChI=1S/C24H40N2O/c1-2-3-4-5-6-7-8-9-10-11-12-13-14-15-16-19-24(27)26-22-23-18-17-20-25-21-23/h9-10,17-18,20-21H,2-8,11-16,19,22H2,1H3,(H,26,27)/b10-9+. The van der Waals surface area contributed by atoms with Gasteiger partial charge in [0.1, 0.15) is 0 Å². The molecule has 0 fully saturated rings. The maximum Gasteiger partial charge on any atom is 0.220 e. The molecule has 0 aliphatic heterocycles. The molecule has 27 heavy (non-hydrogen) atoms. The Hall–Kier alpha value is -1.64. The second-order valence-corrected chi connectivity index (χ2v) is 7.47. The van der Waals surface area contributed by atoms with Crippen LogP contribution in [0, 0.1) is 0 Å². The number of nitrogens with one attached hydrogen (secondary N) is 1. The van der Waals surface area contributed by atoms with Crippen molar-refractivity contribution >= 4 is 5.91 Å². The first-order valence-electron chi connectivity index (χ1n) is 11.1. The molecule has 0 spiro atoms. The first kappa shape index (κ1) is 23.4. The molecule has 0 aliphatic rings. The lowest BCUT2D eigenvalue weighted by Gasteiger charge is -2.05. The number of hydrogen-bond donors (Lipinski definition) is 1. The van der Waals surface area contributed by atoms with E-state index < -0.39 is 0 Å². The summed E-state index contributed by atoms with van der Waals surface area (Å²) in [5, 5.41) is 2.96. The lowest BCUT2D eigenvalue weighted by atomic mass is 10.1. The van der Waals surface area contributed by atoms with Gasteiger partial charge in [-0.3, -0.25) is 9.78 Å². The third-order valence-corrected chi connectivity index (χ3v) is 4.88. The Bertz CT molecular complexity index is 484. The van der Waals surface area contributed by atoms with Crippen LogP contribution in [0.1, 0.15) is 102 Å². The van der Waals surface area contributed by atoms with Crippen molar-refractivity contribution in [3.8, 4) is 0 Å². The smallest absolute Gasteiger partial charge is 0.220 e. The molecule has 1 aromatic heterocycles. The van der Waals surface area contributed by atoms with E-state index in [4.69, 9.17) is 0 Å². The Morgan fingerprint density at radius 3 is 2.19 bits per heavy atom. The number of carbonyl (C=O) groups excluding carboxylic acids is 1. The van der Waals surface area contributed by atoms with E-state index in [2.05, 4.69) is 29.4 Å². The summed E-state index contributed by atoms with van der Waals surface area (Å²) in [5.74, 6) is 0.150. The minimum atomic E-state index is 0.150. The Morgan fingerprint density at radius 1 is 0.926 bits per heavy atom. The average molecular weight is 373 g/mol. The first-order valence-corrected chi connectivity index (χ1v) is 11.1. The van der Waals surface area contributed by atoms with E-state index in [1.165, 1.54) is 70.6 Å². The minimum absolute atomic E-state index is 0.150. The molecular weight excluding hydrogens is 332 g/mol. The number of unbranched alkanes of at least 4 members (excludes halogenated alkanes) is 11. The third kappa shape index (κ3) is 15.1. The largest absolute Gasteiger partial charge is 0.352 e. The van der Waals surface area contributed by atoms with Crippen LogP contribution in [0.3, 0.4) is 0 Å². The van der Waals surface area contributed by atoms with Gasteiger partial charge in [-0.1, -0.05) is 76.5 Å². The van der Waals surface area contributed by atoms with Crippen LogP contribution in [0.15, 0.2) is 36.7 Å². The summed E-state index contributed by atoms with van der Waals surface area (Å²) in [6, 6.07) is 3.88. The number of allylic oxidation sites excluding steroid dienone is 2. The van der Waals surface area contributed by atoms with Crippen LogP contribution in [0.4, 0.5) is 0 Å². The Labute approximate surface area is 167 Å². The SMILES string of the molecule is CCCCCCCC/C=C/CCCCCCCC(=O)NCc1cccnc1. The van der Waals surface area contributed by atoms with Gasteiger partial charge in [0.15, 0.2) is 0 Å². The topological polar surface area (TPSA) is 42.0 Å². The van der Waals surface area contributed by atoms with Gasteiger partial charge >= 0.3 is 0 Å². The van der Waals surface area contributed by atoms with Crippen LogP contribution in [0.5, 0.6) is 0 Å². The van der Waals surface area contributed by atoms with Gasteiger partial charge < -0.3 is 5.32 Å². The van der Waals surface area contributed by atoms with Crippen molar-refractivity contribution in [1.82, 2.24) is 10.3 Å². The molecule has 1 rings (SSSR count). The summed E-state index contributed by atoms with van der Waals surface area (Å²) in [4.78, 5) is 15.9. The van der Waals surface area contributed by atoms with Gasteiger partial charge in [0.05, 0.1) is 0 Å². The summed E-state index contributed by atoms with van der Waals surface area (Å²) in [6.07, 6.45) is 25.6. The van der Waals surface area contributed by atoms with Crippen LogP contribution in [0.2, 0.25) is 0 Å². The van der Waals surface area contributed by atoms with Gasteiger partial charge in [-0.05, 0) is 43.7 Å². The zero-order chi connectivity index (χ0) is 19.4. The summed E-state index contributed by atoms with van der Waals surface area (Å²) < 4.78 is 0. The molecule has 0 aromatic carbocycles. The maximum absolute atomic E-state index is 11.8. The molecule has 3 nitrogen and oxygen atoms in total. The van der Waals surface area contributed by atoms with Crippen LogP contribution >= 0.6 is 0 Å². The fourth-order valence-electron chi connectivity index (χ4n) is 3.15. The Balaban J connectivity index is 1.82. The molecule has 0 radical (unpaired) electrons. The van der Waals surface area contributed by atoms with Crippen molar-refractivity contribution in [1.29, 1.82) is 0 Å². The summed E-state index contributed by atoms with van der Waals surface area (Å²) in [6.45, 7) is 2.85. The van der Waals surface area contributed by atoms with E-state index in [0.717, 1.165) is 18.4 Å². The molecular formula is C24H40N2O. The van der Waals surface area contributed by atoms with Crippen molar-refractivity contribution in [2.45, 2.75) is 103 Å². The number of nitrogens with zero attached hydrogens (tertiary/aromatic N) is 1. The summed E-state index contributed by atoms with van der Waals surface area (Å²) in [5.41, 5.74) is 1.05. The molecule has 152 valence electrons. The third-order valence-electron chi connectivity index (χ3n) is 4.88. The molecule has 1 heterocycles. The molecule has 0 saturated carbocycles. The van der Waals surface area contributed by atoms with Crippen molar-refractivity contribution in [2.75, 3.05) is 0 Å². The highest BCUT2D eigenvalue weighted by molar-refractivity contribution is 5.75. The summed E-state index contributed by atoms with van der Waals surface area (Å²) in [7, 11) is 0. The first-order chi connectivity index (χ1) is 13.3. The van der Waals surface area contributed by atoms with Gasteiger partial charge in [0.2, 0.25) is 5.91 Å². The number of rotatable bonds is 17. The number of aromatic nitrogens is 1. The van der Waals surface area contributed by atoms with Crippen LogP contribution < -0.4 is 5.32 Å². The minimum Gasteiger partial charge on any atom is -0.352 e. The maximum atomic E-state index is 11.8. The molecule has 0 aliphatic carbocycles. The van der Waals surface area contributed by atoms with E-state index in [1.807, 2.05) is 12.1 Å². The highest BCUT2D eigenvalue weighted by Crippen LogP contribution is 2.10. The van der Waals surface area contributed by atoms with Crippen molar-refractivity contribution in [2.24, 2.45) is 0 Å². The zero-order valence-electron chi connectivity index (χ0n) is 17.4. The predicted molar refractivity (Wildman–Crippen MR) is 116 cm³/mol. The molecule has 0 bridgehead atoms. The Kier molecular flexibility index (Phi) is 15.4. The number of hydrogen-bond acceptors (Lipinski definition) is 2. The van der Waals surface area contributed by atoms with E-state index in [9.17, 15) is 4.79 Å². The lowest BCUT2D eigenvalue weighted by molar-refractivity contribution is -0.121. The van der Waals surface area contributed by atoms with Gasteiger partial charge in [0.25, 0.3) is 0 Å². The van der Waals surface area contributed by atoms with Crippen molar-refractivity contribution in [3.05, 3.63) is 42.2 Å². The number of amides is 1. The van der Waals surface area contributed by atoms with E-state index in [0.29, 0.717) is 13.0 Å². The normalized spacial score (nSPS) is 11.1. The second kappa shape index (κ2) is 17.8. The summed E-state index contributed by atoms with van der Waals surface area (Å²) >= 11 is 0. The molecule has 0 saturated heterocycles. The monoisotopic (exact) mass is 372 g/mol. The highest BCUT2D eigenvalue weighted by atomic mass is 16.1. The van der Waals surface area contributed by atoms with Crippen molar-refractivity contribution in [3.63, 3.8) is 0 Å². The number of carbonyl (C=O) groups is 1. The van der Waals surface area contributed by atoms with E-state index in [1.54, 1.807) is 12.4 Å². The molecule has 1 N–H and O–H groups in total. The van der Waals surface area contributed by atoms with Gasteiger partial charge in [-0.25, -0.2) is 0 Å². The van der Waals surface area contributed by atoms with Crippen LogP contribution in [-0.2, 0) is 11.3 Å². The van der Waals surface area contributed by atoms with Crippen LogP contribution in [0.25, 0.3) is 0 Å². The van der Waals surface area contributed by atoms with E-state index >= 15 is 0 Å². The lowest BCUT2D eigenvalue weighted by Crippen LogP contribution is -2.22. The molecule has 0 unspecified atom stereocenters. The number of pyridine rings is 1. The van der Waals surface area contributed by atoms with Gasteiger partial charge in [-0.15, -0.1) is 0 Å². The molecule has 3 heteroatoms. The van der Waals surface area contributed by atoms with Crippen LogP contribution in [-0.4, -0.2) is 10.9 Å². The predicted octanol–water partition coefficient (Wildman–Crippen LogP) is 6.74. The van der Waals surface area contributed by atoms with E-state index in [-0.39, 0.29) is 5.91 Å². The highest BCUT2D eigenvalue weighted by Gasteiger charge is 2.01. The van der Waals surface area contributed by atoms with Gasteiger partial charge in [-0.2, -0.15) is 0 Å². The molecule has 0 atom stereocenters. The fourth-order valence-corrected chi connectivity index (χ4v) is 3.15. The van der Waals surface area contributed by atoms with Gasteiger partial charge in [0, 0.05) is 25.4 Å². The Morgan fingerprint density at radius 2 is 1.56 bits per heavy atom.